The Balaban J connectivity index is 2.09. The van der Waals surface area contributed by atoms with Gasteiger partial charge in [-0.1, -0.05) is 32.9 Å². The highest BCUT2D eigenvalue weighted by molar-refractivity contribution is 5.38. The lowest BCUT2D eigenvalue weighted by Gasteiger charge is -2.28. The smallest absolute Gasteiger partial charge is 0.122 e. The molecule has 0 amide bonds. The van der Waals surface area contributed by atoms with Crippen LogP contribution in [0.5, 0.6) is 5.75 Å². The number of hydrogen-bond acceptors (Lipinski definition) is 2. The molecular formula is C17H27NO. The first-order valence-corrected chi connectivity index (χ1v) is 7.39. The zero-order valence-corrected chi connectivity index (χ0v) is 12.7. The maximum atomic E-state index is 6.14. The highest BCUT2D eigenvalue weighted by Gasteiger charge is 2.21. The van der Waals surface area contributed by atoms with E-state index in [-0.39, 0.29) is 5.41 Å². The van der Waals surface area contributed by atoms with Crippen LogP contribution in [0.3, 0.4) is 0 Å². The molecule has 0 spiro atoms. The molecule has 0 bridgehead atoms. The fraction of sp³-hybridized carbons (Fsp3) is 0.647. The number of rotatable bonds is 2. The standard InChI is InChI=1S/C17H27NO/c1-12-10-13(17(2,3)4)8-9-16(12)19-15-7-5-6-14(18)11-15/h8-10,14-15H,5-7,11,18H2,1-4H3. The first-order valence-electron chi connectivity index (χ1n) is 7.39. The molecule has 0 aromatic heterocycles. The van der Waals surface area contributed by atoms with Crippen molar-refractivity contribution in [1.82, 2.24) is 0 Å². The SMILES string of the molecule is Cc1cc(C(C)(C)C)ccc1OC1CCCC(N)C1. The van der Waals surface area contributed by atoms with Crippen LogP contribution in [0.25, 0.3) is 0 Å². The number of benzene rings is 1. The van der Waals surface area contributed by atoms with E-state index in [1.165, 1.54) is 17.5 Å². The lowest BCUT2D eigenvalue weighted by molar-refractivity contribution is 0.143. The Bertz CT molecular complexity index is 433. The normalized spacial score (nSPS) is 24.3. The summed E-state index contributed by atoms with van der Waals surface area (Å²) in [7, 11) is 0. The molecule has 2 unspecified atom stereocenters. The second kappa shape index (κ2) is 5.54. The van der Waals surface area contributed by atoms with E-state index in [0.29, 0.717) is 12.1 Å². The summed E-state index contributed by atoms with van der Waals surface area (Å²) in [6.07, 6.45) is 4.74. The summed E-state index contributed by atoms with van der Waals surface area (Å²) < 4.78 is 6.14. The molecule has 106 valence electrons. The number of ether oxygens (including phenoxy) is 1. The van der Waals surface area contributed by atoms with Crippen molar-refractivity contribution in [2.45, 2.75) is 70.9 Å². The third-order valence-corrected chi connectivity index (χ3v) is 4.00. The van der Waals surface area contributed by atoms with E-state index in [2.05, 4.69) is 45.9 Å². The van der Waals surface area contributed by atoms with Crippen LogP contribution < -0.4 is 10.5 Å². The summed E-state index contributed by atoms with van der Waals surface area (Å²) in [5.41, 5.74) is 8.80. The molecular weight excluding hydrogens is 234 g/mol. The second-order valence-corrected chi connectivity index (χ2v) is 6.90. The molecule has 2 N–H and O–H groups in total. The molecule has 2 heteroatoms. The fourth-order valence-corrected chi connectivity index (χ4v) is 2.72. The molecule has 1 aliphatic carbocycles. The van der Waals surface area contributed by atoms with Gasteiger partial charge in [-0.25, -0.2) is 0 Å². The molecule has 1 aromatic carbocycles. The van der Waals surface area contributed by atoms with E-state index in [0.717, 1.165) is 25.0 Å². The van der Waals surface area contributed by atoms with Crippen LogP contribution >= 0.6 is 0 Å². The predicted octanol–water partition coefficient (Wildman–Crippen LogP) is 3.94. The number of hydrogen-bond donors (Lipinski definition) is 1. The van der Waals surface area contributed by atoms with Crippen molar-refractivity contribution in [2.24, 2.45) is 5.73 Å². The van der Waals surface area contributed by atoms with E-state index in [1.807, 2.05) is 0 Å². The van der Waals surface area contributed by atoms with Gasteiger partial charge in [0.05, 0.1) is 0 Å². The maximum absolute atomic E-state index is 6.14. The van der Waals surface area contributed by atoms with Crippen molar-refractivity contribution in [1.29, 1.82) is 0 Å². The summed E-state index contributed by atoms with van der Waals surface area (Å²) >= 11 is 0. The molecule has 0 radical (unpaired) electrons. The van der Waals surface area contributed by atoms with Crippen LogP contribution in [-0.4, -0.2) is 12.1 Å². The number of aryl methyl sites for hydroxylation is 1. The fourth-order valence-electron chi connectivity index (χ4n) is 2.72. The van der Waals surface area contributed by atoms with E-state index in [9.17, 15) is 0 Å². The molecule has 1 fully saturated rings. The Hall–Kier alpha value is -1.02. The summed E-state index contributed by atoms with van der Waals surface area (Å²) in [5, 5.41) is 0. The Morgan fingerprint density at radius 3 is 2.53 bits per heavy atom. The Labute approximate surface area is 117 Å². The van der Waals surface area contributed by atoms with Crippen molar-refractivity contribution in [3.8, 4) is 5.75 Å². The van der Waals surface area contributed by atoms with Crippen molar-refractivity contribution in [3.05, 3.63) is 29.3 Å². The van der Waals surface area contributed by atoms with Gasteiger partial charge in [0.15, 0.2) is 0 Å². The number of nitrogens with two attached hydrogens (primary N) is 1. The lowest BCUT2D eigenvalue weighted by atomic mass is 9.86. The highest BCUT2D eigenvalue weighted by atomic mass is 16.5. The van der Waals surface area contributed by atoms with Gasteiger partial charge in [-0.2, -0.15) is 0 Å². The Morgan fingerprint density at radius 1 is 1.21 bits per heavy atom. The van der Waals surface area contributed by atoms with Gasteiger partial charge in [0, 0.05) is 6.04 Å². The van der Waals surface area contributed by atoms with Gasteiger partial charge in [-0.15, -0.1) is 0 Å². The molecule has 0 saturated heterocycles. The Morgan fingerprint density at radius 2 is 1.95 bits per heavy atom. The van der Waals surface area contributed by atoms with Gasteiger partial charge in [-0.05, 0) is 55.2 Å². The minimum absolute atomic E-state index is 0.191. The van der Waals surface area contributed by atoms with Crippen molar-refractivity contribution >= 4 is 0 Å². The van der Waals surface area contributed by atoms with Gasteiger partial charge in [-0.3, -0.25) is 0 Å². The quantitative estimate of drug-likeness (QED) is 0.875. The average molecular weight is 261 g/mol. The van der Waals surface area contributed by atoms with Gasteiger partial charge >= 0.3 is 0 Å². The van der Waals surface area contributed by atoms with E-state index in [1.54, 1.807) is 0 Å². The van der Waals surface area contributed by atoms with Gasteiger partial charge in [0.2, 0.25) is 0 Å². The molecule has 2 nitrogen and oxygen atoms in total. The van der Waals surface area contributed by atoms with Crippen LogP contribution in [0.15, 0.2) is 18.2 Å². The first kappa shape index (κ1) is 14.4. The maximum Gasteiger partial charge on any atom is 0.122 e. The molecule has 1 aromatic rings. The van der Waals surface area contributed by atoms with Crippen LogP contribution in [0.2, 0.25) is 0 Å². The van der Waals surface area contributed by atoms with E-state index < -0.39 is 0 Å². The monoisotopic (exact) mass is 261 g/mol. The third kappa shape index (κ3) is 3.73. The predicted molar refractivity (Wildman–Crippen MR) is 80.7 cm³/mol. The van der Waals surface area contributed by atoms with Crippen LogP contribution in [0.1, 0.15) is 57.6 Å². The first-order chi connectivity index (χ1) is 8.86. The molecule has 1 saturated carbocycles. The summed E-state index contributed by atoms with van der Waals surface area (Å²) in [6, 6.07) is 6.87. The Kier molecular flexibility index (Phi) is 4.19. The zero-order valence-electron chi connectivity index (χ0n) is 12.7. The van der Waals surface area contributed by atoms with Crippen LogP contribution in [0.4, 0.5) is 0 Å². The second-order valence-electron chi connectivity index (χ2n) is 6.90. The molecule has 19 heavy (non-hydrogen) atoms. The van der Waals surface area contributed by atoms with Crippen LogP contribution in [0, 0.1) is 6.92 Å². The summed E-state index contributed by atoms with van der Waals surface area (Å²) in [4.78, 5) is 0. The van der Waals surface area contributed by atoms with Gasteiger partial charge in [0.25, 0.3) is 0 Å². The van der Waals surface area contributed by atoms with Crippen molar-refractivity contribution < 1.29 is 4.74 Å². The highest BCUT2D eigenvalue weighted by Crippen LogP contribution is 2.30. The van der Waals surface area contributed by atoms with Gasteiger partial charge < -0.3 is 10.5 Å². The zero-order chi connectivity index (χ0) is 14.0. The molecule has 2 rings (SSSR count). The summed E-state index contributed by atoms with van der Waals surface area (Å²) in [5.74, 6) is 1.02. The largest absolute Gasteiger partial charge is 0.490 e. The minimum Gasteiger partial charge on any atom is -0.490 e. The van der Waals surface area contributed by atoms with Gasteiger partial charge in [0.1, 0.15) is 11.9 Å². The lowest BCUT2D eigenvalue weighted by Crippen LogP contribution is -2.33. The molecule has 1 aliphatic rings. The van der Waals surface area contributed by atoms with E-state index in [4.69, 9.17) is 10.5 Å². The summed E-state index contributed by atoms with van der Waals surface area (Å²) in [6.45, 7) is 8.85. The average Bonchev–Trinajstić information content (AvgIpc) is 2.30. The third-order valence-electron chi connectivity index (χ3n) is 4.00. The van der Waals surface area contributed by atoms with E-state index >= 15 is 0 Å². The molecule has 2 atom stereocenters. The molecule has 0 heterocycles. The van der Waals surface area contributed by atoms with Crippen molar-refractivity contribution in [3.63, 3.8) is 0 Å². The van der Waals surface area contributed by atoms with Crippen molar-refractivity contribution in [2.75, 3.05) is 0 Å². The molecule has 0 aliphatic heterocycles. The topological polar surface area (TPSA) is 35.2 Å². The van der Waals surface area contributed by atoms with Crippen LogP contribution in [-0.2, 0) is 5.41 Å². The minimum atomic E-state index is 0.191.